The molecule has 2 aromatic rings. The van der Waals surface area contributed by atoms with Crippen LogP contribution in [0.15, 0.2) is 30.7 Å². The molecule has 0 saturated carbocycles. The molecule has 4 nitrogen and oxygen atoms in total. The van der Waals surface area contributed by atoms with Crippen molar-refractivity contribution in [3.8, 4) is 11.4 Å². The van der Waals surface area contributed by atoms with Gasteiger partial charge in [0.15, 0.2) is 5.82 Å². The second-order valence-corrected chi connectivity index (χ2v) is 5.09. The molecular formula is C15H20N4. The number of nitrogens with one attached hydrogen (secondary N) is 1. The Kier molecular flexibility index (Phi) is 4.58. The van der Waals surface area contributed by atoms with Crippen LogP contribution in [0.1, 0.15) is 25.1 Å². The first-order chi connectivity index (χ1) is 9.16. The van der Waals surface area contributed by atoms with Crippen molar-refractivity contribution in [1.82, 2.24) is 20.3 Å². The Balaban J connectivity index is 2.13. The molecule has 0 amide bonds. The topological polar surface area (TPSA) is 50.7 Å². The molecule has 4 heteroatoms. The maximum atomic E-state index is 4.60. The largest absolute Gasteiger partial charge is 0.311 e. The summed E-state index contributed by atoms with van der Waals surface area (Å²) in [6.07, 6.45) is 5.42. The lowest BCUT2D eigenvalue weighted by Crippen LogP contribution is -2.19. The predicted molar refractivity (Wildman–Crippen MR) is 76.5 cm³/mol. The van der Waals surface area contributed by atoms with Crippen LogP contribution in [0.25, 0.3) is 11.4 Å². The van der Waals surface area contributed by atoms with Crippen LogP contribution in [0.3, 0.4) is 0 Å². The maximum Gasteiger partial charge on any atom is 0.159 e. The van der Waals surface area contributed by atoms with E-state index in [2.05, 4.69) is 34.1 Å². The van der Waals surface area contributed by atoms with Crippen LogP contribution in [0.5, 0.6) is 0 Å². The monoisotopic (exact) mass is 256 g/mol. The van der Waals surface area contributed by atoms with Gasteiger partial charge in [-0.05, 0) is 37.1 Å². The summed E-state index contributed by atoms with van der Waals surface area (Å²) in [5, 5.41) is 3.39. The molecule has 2 heterocycles. The van der Waals surface area contributed by atoms with Gasteiger partial charge in [0.25, 0.3) is 0 Å². The SMILES string of the molecule is Cc1cnccc1-c1nccc(CNCC(C)C)n1. The molecule has 2 aromatic heterocycles. The van der Waals surface area contributed by atoms with Gasteiger partial charge in [-0.3, -0.25) is 4.98 Å². The van der Waals surface area contributed by atoms with E-state index in [0.717, 1.165) is 35.7 Å². The second kappa shape index (κ2) is 6.38. The standard InChI is InChI=1S/C15H20N4/c1-11(2)8-17-10-13-4-7-18-15(19-13)14-5-6-16-9-12(14)3/h4-7,9,11,17H,8,10H2,1-3H3. The van der Waals surface area contributed by atoms with E-state index in [1.807, 2.05) is 31.5 Å². The lowest BCUT2D eigenvalue weighted by atomic mass is 10.1. The second-order valence-electron chi connectivity index (χ2n) is 5.09. The van der Waals surface area contributed by atoms with E-state index >= 15 is 0 Å². The first kappa shape index (κ1) is 13.6. The number of hydrogen-bond acceptors (Lipinski definition) is 4. The molecule has 0 bridgehead atoms. The van der Waals surface area contributed by atoms with E-state index in [1.54, 1.807) is 6.20 Å². The van der Waals surface area contributed by atoms with Gasteiger partial charge in [-0.25, -0.2) is 9.97 Å². The molecule has 1 N–H and O–H groups in total. The van der Waals surface area contributed by atoms with Gasteiger partial charge in [0.1, 0.15) is 0 Å². The summed E-state index contributed by atoms with van der Waals surface area (Å²) in [5.74, 6) is 1.41. The van der Waals surface area contributed by atoms with Crippen LogP contribution in [0, 0.1) is 12.8 Å². The van der Waals surface area contributed by atoms with Crippen LogP contribution < -0.4 is 5.32 Å². The summed E-state index contributed by atoms with van der Waals surface area (Å²) in [6.45, 7) is 8.18. The average Bonchev–Trinajstić information content (AvgIpc) is 2.39. The fourth-order valence-corrected chi connectivity index (χ4v) is 1.84. The first-order valence-electron chi connectivity index (χ1n) is 6.60. The van der Waals surface area contributed by atoms with Crippen molar-refractivity contribution < 1.29 is 0 Å². The number of aryl methyl sites for hydroxylation is 1. The Morgan fingerprint density at radius 3 is 2.79 bits per heavy atom. The zero-order valence-electron chi connectivity index (χ0n) is 11.7. The third-order valence-corrected chi connectivity index (χ3v) is 2.83. The minimum absolute atomic E-state index is 0.642. The van der Waals surface area contributed by atoms with Gasteiger partial charge in [0, 0.05) is 30.7 Å². The van der Waals surface area contributed by atoms with Crippen molar-refractivity contribution in [1.29, 1.82) is 0 Å². The third-order valence-electron chi connectivity index (χ3n) is 2.83. The molecule has 0 aliphatic carbocycles. The van der Waals surface area contributed by atoms with Crippen LogP contribution in [-0.4, -0.2) is 21.5 Å². The summed E-state index contributed by atoms with van der Waals surface area (Å²) in [4.78, 5) is 13.0. The van der Waals surface area contributed by atoms with Crippen molar-refractivity contribution in [3.05, 3.63) is 42.0 Å². The highest BCUT2D eigenvalue weighted by atomic mass is 14.9. The van der Waals surface area contributed by atoms with Gasteiger partial charge in [0.2, 0.25) is 0 Å². The molecule has 100 valence electrons. The summed E-state index contributed by atoms with van der Waals surface area (Å²) >= 11 is 0. The first-order valence-corrected chi connectivity index (χ1v) is 6.60. The van der Waals surface area contributed by atoms with Crippen molar-refractivity contribution in [2.24, 2.45) is 5.92 Å². The van der Waals surface area contributed by atoms with Crippen LogP contribution in [0.2, 0.25) is 0 Å². The van der Waals surface area contributed by atoms with E-state index in [9.17, 15) is 0 Å². The van der Waals surface area contributed by atoms with Crippen molar-refractivity contribution in [2.75, 3.05) is 6.54 Å². The Morgan fingerprint density at radius 2 is 2.05 bits per heavy atom. The number of rotatable bonds is 5. The Morgan fingerprint density at radius 1 is 1.21 bits per heavy atom. The van der Waals surface area contributed by atoms with Crippen molar-refractivity contribution in [2.45, 2.75) is 27.3 Å². The van der Waals surface area contributed by atoms with Crippen molar-refractivity contribution in [3.63, 3.8) is 0 Å². The minimum Gasteiger partial charge on any atom is -0.311 e. The Bertz CT molecular complexity index is 537. The van der Waals surface area contributed by atoms with E-state index < -0.39 is 0 Å². The highest BCUT2D eigenvalue weighted by Crippen LogP contribution is 2.17. The molecule has 0 aromatic carbocycles. The number of aromatic nitrogens is 3. The highest BCUT2D eigenvalue weighted by molar-refractivity contribution is 5.58. The van der Waals surface area contributed by atoms with Gasteiger partial charge in [-0.2, -0.15) is 0 Å². The number of pyridine rings is 1. The fraction of sp³-hybridized carbons (Fsp3) is 0.400. The summed E-state index contributed by atoms with van der Waals surface area (Å²) in [6, 6.07) is 3.91. The van der Waals surface area contributed by atoms with E-state index in [0.29, 0.717) is 5.92 Å². The number of hydrogen-bond donors (Lipinski definition) is 1. The molecule has 0 aliphatic heterocycles. The molecule has 0 spiro atoms. The zero-order chi connectivity index (χ0) is 13.7. The van der Waals surface area contributed by atoms with Crippen LogP contribution in [0.4, 0.5) is 0 Å². The Hall–Kier alpha value is -1.81. The molecule has 0 fully saturated rings. The molecule has 19 heavy (non-hydrogen) atoms. The average molecular weight is 256 g/mol. The molecule has 2 rings (SSSR count). The van der Waals surface area contributed by atoms with Gasteiger partial charge in [-0.1, -0.05) is 13.8 Å². The van der Waals surface area contributed by atoms with E-state index in [4.69, 9.17) is 0 Å². The molecule has 0 atom stereocenters. The summed E-state index contributed by atoms with van der Waals surface area (Å²) < 4.78 is 0. The highest BCUT2D eigenvalue weighted by Gasteiger charge is 2.05. The lowest BCUT2D eigenvalue weighted by Gasteiger charge is -2.08. The van der Waals surface area contributed by atoms with Gasteiger partial charge in [-0.15, -0.1) is 0 Å². The smallest absolute Gasteiger partial charge is 0.159 e. The fourth-order valence-electron chi connectivity index (χ4n) is 1.84. The molecule has 0 unspecified atom stereocenters. The lowest BCUT2D eigenvalue weighted by molar-refractivity contribution is 0.548. The van der Waals surface area contributed by atoms with Gasteiger partial charge in [0.05, 0.1) is 5.69 Å². The van der Waals surface area contributed by atoms with Crippen molar-refractivity contribution >= 4 is 0 Å². The zero-order valence-corrected chi connectivity index (χ0v) is 11.7. The van der Waals surface area contributed by atoms with Crippen LogP contribution in [-0.2, 0) is 6.54 Å². The molecule has 0 saturated heterocycles. The third kappa shape index (κ3) is 3.83. The summed E-state index contributed by atoms with van der Waals surface area (Å²) in [5.41, 5.74) is 3.15. The molecular weight excluding hydrogens is 236 g/mol. The minimum atomic E-state index is 0.642. The normalized spacial score (nSPS) is 10.9. The van der Waals surface area contributed by atoms with E-state index in [-0.39, 0.29) is 0 Å². The summed E-state index contributed by atoms with van der Waals surface area (Å²) in [7, 11) is 0. The maximum absolute atomic E-state index is 4.60. The quantitative estimate of drug-likeness (QED) is 0.893. The van der Waals surface area contributed by atoms with Crippen LogP contribution >= 0.6 is 0 Å². The van der Waals surface area contributed by atoms with E-state index in [1.165, 1.54) is 0 Å². The number of nitrogens with zero attached hydrogens (tertiary/aromatic N) is 3. The van der Waals surface area contributed by atoms with Gasteiger partial charge < -0.3 is 5.32 Å². The molecule has 0 aliphatic rings. The molecule has 0 radical (unpaired) electrons. The Labute approximate surface area is 114 Å². The van der Waals surface area contributed by atoms with Gasteiger partial charge >= 0.3 is 0 Å². The predicted octanol–water partition coefficient (Wildman–Crippen LogP) is 2.59.